The van der Waals surface area contributed by atoms with Crippen molar-refractivity contribution in [2.24, 2.45) is 5.41 Å². The zero-order chi connectivity index (χ0) is 13.3. The first-order valence-electron chi connectivity index (χ1n) is 6.17. The number of carbonyl (C=O) groups is 1. The van der Waals surface area contributed by atoms with Crippen molar-refractivity contribution in [3.8, 4) is 0 Å². The summed E-state index contributed by atoms with van der Waals surface area (Å²) in [5.74, 6) is -2.61. The van der Waals surface area contributed by atoms with Gasteiger partial charge in [-0.15, -0.1) is 0 Å². The third-order valence-corrected chi connectivity index (χ3v) is 3.76. The molecule has 1 N–H and O–H groups in total. The number of hydrogen-bond donors (Lipinski definition) is 1. The lowest BCUT2D eigenvalue weighted by molar-refractivity contribution is 0.0905. The Bertz CT molecular complexity index is 471. The third kappa shape index (κ3) is 2.37. The molecule has 0 radical (unpaired) electrons. The van der Waals surface area contributed by atoms with E-state index in [1.807, 2.05) is 0 Å². The second-order valence-electron chi connectivity index (χ2n) is 5.51. The highest BCUT2D eigenvalue weighted by Crippen LogP contribution is 2.37. The zero-order valence-corrected chi connectivity index (χ0v) is 10.6. The van der Waals surface area contributed by atoms with Crippen LogP contribution < -0.4 is 5.32 Å². The van der Waals surface area contributed by atoms with Gasteiger partial charge in [0, 0.05) is 6.04 Å². The molecule has 1 fully saturated rings. The highest BCUT2D eigenvalue weighted by Gasteiger charge is 2.35. The maximum atomic E-state index is 13.5. The number of rotatable bonds is 2. The molecule has 2 nitrogen and oxygen atoms in total. The summed E-state index contributed by atoms with van der Waals surface area (Å²) in [7, 11) is 0. The summed E-state index contributed by atoms with van der Waals surface area (Å²) < 4.78 is 26.5. The average Bonchev–Trinajstić information content (AvgIpc) is 2.62. The Morgan fingerprint density at radius 1 is 1.39 bits per heavy atom. The van der Waals surface area contributed by atoms with Crippen molar-refractivity contribution in [2.75, 3.05) is 0 Å². The average molecular weight is 253 g/mol. The van der Waals surface area contributed by atoms with Gasteiger partial charge in [0.2, 0.25) is 0 Å². The first-order chi connectivity index (χ1) is 8.42. The first kappa shape index (κ1) is 13.0. The van der Waals surface area contributed by atoms with Crippen LogP contribution in [-0.4, -0.2) is 11.9 Å². The molecule has 1 aromatic carbocycles. The fraction of sp³-hybridized carbons (Fsp3) is 0.500. The van der Waals surface area contributed by atoms with Crippen LogP contribution in [0.4, 0.5) is 8.78 Å². The van der Waals surface area contributed by atoms with E-state index in [0.29, 0.717) is 0 Å². The van der Waals surface area contributed by atoms with E-state index in [1.54, 1.807) is 0 Å². The Balaban J connectivity index is 2.15. The van der Waals surface area contributed by atoms with Crippen LogP contribution in [0.2, 0.25) is 0 Å². The standard InChI is InChI=1S/C14H17F2NO/c1-14(2)8-4-7-11(14)17-13(18)9-5-3-6-10(15)12(9)16/h3,5-6,11H,4,7-8H2,1-2H3,(H,17,18). The van der Waals surface area contributed by atoms with Gasteiger partial charge in [-0.05, 0) is 30.4 Å². The summed E-state index contributed by atoms with van der Waals surface area (Å²) in [5, 5.41) is 2.81. The largest absolute Gasteiger partial charge is 0.349 e. The van der Waals surface area contributed by atoms with Crippen LogP contribution in [0.15, 0.2) is 18.2 Å². The fourth-order valence-corrected chi connectivity index (χ4v) is 2.51. The normalized spacial score (nSPS) is 21.9. The van der Waals surface area contributed by atoms with E-state index in [-0.39, 0.29) is 17.0 Å². The molecule has 1 saturated carbocycles. The molecule has 1 aliphatic carbocycles. The van der Waals surface area contributed by atoms with Crippen molar-refractivity contribution in [2.45, 2.75) is 39.2 Å². The van der Waals surface area contributed by atoms with Crippen LogP contribution in [0.25, 0.3) is 0 Å². The monoisotopic (exact) mass is 253 g/mol. The lowest BCUT2D eigenvalue weighted by atomic mass is 9.87. The molecule has 1 amide bonds. The molecule has 0 saturated heterocycles. The molecular weight excluding hydrogens is 236 g/mol. The molecule has 0 heterocycles. The number of carbonyl (C=O) groups excluding carboxylic acids is 1. The predicted molar refractivity (Wildman–Crippen MR) is 65.2 cm³/mol. The van der Waals surface area contributed by atoms with Gasteiger partial charge in [-0.2, -0.15) is 0 Å². The molecule has 0 aliphatic heterocycles. The van der Waals surface area contributed by atoms with Crippen LogP contribution in [-0.2, 0) is 0 Å². The zero-order valence-electron chi connectivity index (χ0n) is 10.6. The minimum absolute atomic E-state index is 0.0134. The lowest BCUT2D eigenvalue weighted by Gasteiger charge is -2.27. The van der Waals surface area contributed by atoms with Gasteiger partial charge in [-0.1, -0.05) is 26.3 Å². The van der Waals surface area contributed by atoms with Gasteiger partial charge in [0.05, 0.1) is 5.56 Å². The number of nitrogens with one attached hydrogen (secondary N) is 1. The van der Waals surface area contributed by atoms with Gasteiger partial charge < -0.3 is 5.32 Å². The van der Waals surface area contributed by atoms with Gasteiger partial charge >= 0.3 is 0 Å². The van der Waals surface area contributed by atoms with E-state index in [2.05, 4.69) is 19.2 Å². The molecular formula is C14H17F2NO. The Morgan fingerprint density at radius 2 is 2.11 bits per heavy atom. The fourth-order valence-electron chi connectivity index (χ4n) is 2.51. The van der Waals surface area contributed by atoms with E-state index in [9.17, 15) is 13.6 Å². The number of amides is 1. The molecule has 1 aromatic rings. The number of halogens is 2. The van der Waals surface area contributed by atoms with Gasteiger partial charge in [-0.25, -0.2) is 8.78 Å². The second-order valence-corrected chi connectivity index (χ2v) is 5.51. The first-order valence-corrected chi connectivity index (χ1v) is 6.17. The molecule has 1 unspecified atom stereocenters. The van der Waals surface area contributed by atoms with Crippen LogP contribution >= 0.6 is 0 Å². The molecule has 0 aromatic heterocycles. The minimum atomic E-state index is -1.08. The molecule has 2 rings (SSSR count). The van der Waals surface area contributed by atoms with Crippen molar-refractivity contribution in [3.63, 3.8) is 0 Å². The number of hydrogen-bond acceptors (Lipinski definition) is 1. The molecule has 0 bridgehead atoms. The molecule has 0 spiro atoms. The molecule has 1 atom stereocenters. The van der Waals surface area contributed by atoms with Gasteiger partial charge in [0.15, 0.2) is 11.6 Å². The van der Waals surface area contributed by atoms with E-state index in [4.69, 9.17) is 0 Å². The van der Waals surface area contributed by atoms with Gasteiger partial charge in [-0.3, -0.25) is 4.79 Å². The summed E-state index contributed by atoms with van der Waals surface area (Å²) in [5.41, 5.74) is -0.211. The highest BCUT2D eigenvalue weighted by molar-refractivity contribution is 5.94. The Morgan fingerprint density at radius 3 is 2.72 bits per heavy atom. The Labute approximate surface area is 105 Å². The van der Waals surface area contributed by atoms with Crippen molar-refractivity contribution in [1.82, 2.24) is 5.32 Å². The van der Waals surface area contributed by atoms with Crippen LogP contribution in [0.3, 0.4) is 0 Å². The van der Waals surface area contributed by atoms with Gasteiger partial charge in [0.1, 0.15) is 0 Å². The van der Waals surface area contributed by atoms with Crippen molar-refractivity contribution in [1.29, 1.82) is 0 Å². The summed E-state index contributed by atoms with van der Waals surface area (Å²) >= 11 is 0. The van der Waals surface area contributed by atoms with Crippen LogP contribution in [0.1, 0.15) is 43.5 Å². The topological polar surface area (TPSA) is 29.1 Å². The van der Waals surface area contributed by atoms with E-state index < -0.39 is 17.5 Å². The van der Waals surface area contributed by atoms with E-state index in [0.717, 1.165) is 25.3 Å². The summed E-state index contributed by atoms with van der Waals surface area (Å²) in [6.07, 6.45) is 2.96. The van der Waals surface area contributed by atoms with Crippen molar-refractivity contribution >= 4 is 5.91 Å². The predicted octanol–water partition coefficient (Wildman–Crippen LogP) is 3.27. The van der Waals surface area contributed by atoms with Gasteiger partial charge in [0.25, 0.3) is 5.91 Å². The third-order valence-electron chi connectivity index (χ3n) is 3.76. The summed E-state index contributed by atoms with van der Waals surface area (Å²) in [4.78, 5) is 11.9. The molecule has 18 heavy (non-hydrogen) atoms. The maximum absolute atomic E-state index is 13.5. The van der Waals surface area contributed by atoms with Crippen molar-refractivity contribution in [3.05, 3.63) is 35.4 Å². The number of benzene rings is 1. The minimum Gasteiger partial charge on any atom is -0.349 e. The Hall–Kier alpha value is -1.45. The van der Waals surface area contributed by atoms with Crippen molar-refractivity contribution < 1.29 is 13.6 Å². The summed E-state index contributed by atoms with van der Waals surface area (Å²) in [6, 6.07) is 3.67. The van der Waals surface area contributed by atoms with Crippen LogP contribution in [0, 0.1) is 17.0 Å². The summed E-state index contributed by atoms with van der Waals surface area (Å²) in [6.45, 7) is 4.15. The quantitative estimate of drug-likeness (QED) is 0.861. The molecule has 1 aliphatic rings. The second kappa shape index (κ2) is 4.67. The SMILES string of the molecule is CC1(C)CCCC1NC(=O)c1cccc(F)c1F. The van der Waals surface area contributed by atoms with E-state index in [1.165, 1.54) is 12.1 Å². The van der Waals surface area contributed by atoms with E-state index >= 15 is 0 Å². The highest BCUT2D eigenvalue weighted by atomic mass is 19.2. The van der Waals surface area contributed by atoms with Crippen LogP contribution in [0.5, 0.6) is 0 Å². The molecule has 98 valence electrons. The smallest absolute Gasteiger partial charge is 0.254 e. The molecule has 4 heteroatoms. The maximum Gasteiger partial charge on any atom is 0.254 e. The Kier molecular flexibility index (Phi) is 3.37. The lowest BCUT2D eigenvalue weighted by Crippen LogP contribution is -2.41.